The minimum atomic E-state index is -0.853. The molecule has 0 spiro atoms. The van der Waals surface area contributed by atoms with Crippen molar-refractivity contribution in [2.45, 2.75) is 6.92 Å². The third kappa shape index (κ3) is 3.60. The van der Waals surface area contributed by atoms with E-state index < -0.39 is 22.3 Å². The summed E-state index contributed by atoms with van der Waals surface area (Å²) >= 11 is 3.28. The molecule has 1 heterocycles. The van der Waals surface area contributed by atoms with Crippen molar-refractivity contribution in [3.05, 3.63) is 62.0 Å². The van der Waals surface area contributed by atoms with Gasteiger partial charge in [0.05, 0.1) is 11.0 Å². The molecule has 6 nitrogen and oxygen atoms in total. The second-order valence-electron chi connectivity index (χ2n) is 4.23. The van der Waals surface area contributed by atoms with Gasteiger partial charge in [0.1, 0.15) is 11.6 Å². The summed E-state index contributed by atoms with van der Waals surface area (Å²) in [5.74, 6) is -1.26. The standard InChI is InChI=1S/C13H9BrFN3O3/c1-7-2-12(16-6-11(7)14)17-13(19)8-3-9(15)5-10(4-8)18(20)21/h2-6H,1H3,(H,16,17,19). The molecule has 0 saturated heterocycles. The fraction of sp³-hybridized carbons (Fsp3) is 0.0769. The third-order valence-electron chi connectivity index (χ3n) is 2.64. The maximum absolute atomic E-state index is 13.3. The molecule has 0 unspecified atom stereocenters. The molecular weight excluding hydrogens is 345 g/mol. The summed E-state index contributed by atoms with van der Waals surface area (Å²) in [5.41, 5.74) is 0.217. The van der Waals surface area contributed by atoms with Gasteiger partial charge in [0.25, 0.3) is 11.6 Å². The molecule has 21 heavy (non-hydrogen) atoms. The van der Waals surface area contributed by atoms with Gasteiger partial charge in [-0.2, -0.15) is 0 Å². The lowest BCUT2D eigenvalue weighted by Crippen LogP contribution is -2.13. The molecule has 0 aliphatic carbocycles. The van der Waals surface area contributed by atoms with E-state index >= 15 is 0 Å². The molecule has 0 aliphatic rings. The predicted octanol–water partition coefficient (Wildman–Crippen LogP) is 3.45. The highest BCUT2D eigenvalue weighted by Gasteiger charge is 2.15. The SMILES string of the molecule is Cc1cc(NC(=O)c2cc(F)cc([N+](=O)[O-])c2)ncc1Br. The lowest BCUT2D eigenvalue weighted by Gasteiger charge is -2.06. The lowest BCUT2D eigenvalue weighted by atomic mass is 10.2. The molecule has 1 amide bonds. The van der Waals surface area contributed by atoms with E-state index in [1.165, 1.54) is 6.20 Å². The summed E-state index contributed by atoms with van der Waals surface area (Å²) < 4.78 is 14.1. The van der Waals surface area contributed by atoms with Crippen LogP contribution in [-0.4, -0.2) is 15.8 Å². The molecule has 1 aromatic heterocycles. The number of nitro benzene ring substituents is 1. The van der Waals surface area contributed by atoms with Crippen LogP contribution in [0.1, 0.15) is 15.9 Å². The molecule has 0 aliphatic heterocycles. The van der Waals surface area contributed by atoms with E-state index in [4.69, 9.17) is 0 Å². The van der Waals surface area contributed by atoms with Crippen molar-refractivity contribution in [2.24, 2.45) is 0 Å². The highest BCUT2D eigenvalue weighted by Crippen LogP contribution is 2.19. The summed E-state index contributed by atoms with van der Waals surface area (Å²) in [6.07, 6.45) is 1.51. The van der Waals surface area contributed by atoms with Crippen molar-refractivity contribution in [3.63, 3.8) is 0 Å². The van der Waals surface area contributed by atoms with Gasteiger partial charge in [-0.15, -0.1) is 0 Å². The Kier molecular flexibility index (Phi) is 4.27. The average Bonchev–Trinajstić information content (AvgIpc) is 2.42. The Morgan fingerprint density at radius 3 is 2.71 bits per heavy atom. The highest BCUT2D eigenvalue weighted by atomic mass is 79.9. The van der Waals surface area contributed by atoms with Gasteiger partial charge in [0.2, 0.25) is 0 Å². The van der Waals surface area contributed by atoms with Crippen LogP contribution in [0, 0.1) is 22.9 Å². The van der Waals surface area contributed by atoms with Gasteiger partial charge in [-0.3, -0.25) is 14.9 Å². The van der Waals surface area contributed by atoms with Gasteiger partial charge in [0, 0.05) is 22.3 Å². The van der Waals surface area contributed by atoms with Crippen LogP contribution in [0.4, 0.5) is 15.9 Å². The maximum atomic E-state index is 13.3. The van der Waals surface area contributed by atoms with Gasteiger partial charge in [0.15, 0.2) is 0 Å². The number of non-ortho nitro benzene ring substituents is 1. The number of rotatable bonds is 3. The van der Waals surface area contributed by atoms with Crippen molar-refractivity contribution >= 4 is 33.3 Å². The number of benzene rings is 1. The smallest absolute Gasteiger partial charge is 0.273 e. The quantitative estimate of drug-likeness (QED) is 0.676. The molecule has 8 heteroatoms. The van der Waals surface area contributed by atoms with Crippen LogP contribution in [0.15, 0.2) is 34.9 Å². The van der Waals surface area contributed by atoms with Crippen LogP contribution in [0.3, 0.4) is 0 Å². The first-order chi connectivity index (χ1) is 9.86. The second-order valence-corrected chi connectivity index (χ2v) is 5.08. The summed E-state index contributed by atoms with van der Waals surface area (Å²) in [4.78, 5) is 25.9. The average molecular weight is 354 g/mol. The first-order valence-corrected chi connectivity index (χ1v) is 6.54. The number of aryl methyl sites for hydroxylation is 1. The molecule has 0 fully saturated rings. The Morgan fingerprint density at radius 2 is 2.10 bits per heavy atom. The van der Waals surface area contributed by atoms with E-state index in [9.17, 15) is 19.3 Å². The zero-order valence-electron chi connectivity index (χ0n) is 10.8. The number of amides is 1. The van der Waals surface area contributed by atoms with Crippen molar-refractivity contribution in [2.75, 3.05) is 5.32 Å². The highest BCUT2D eigenvalue weighted by molar-refractivity contribution is 9.10. The minimum Gasteiger partial charge on any atom is -0.307 e. The Labute approximate surface area is 127 Å². The number of anilines is 1. The number of nitrogens with one attached hydrogen (secondary N) is 1. The van der Waals surface area contributed by atoms with Gasteiger partial charge in [-0.25, -0.2) is 9.37 Å². The van der Waals surface area contributed by atoms with Crippen LogP contribution in [0.25, 0.3) is 0 Å². The molecular formula is C13H9BrFN3O3. The number of halogens is 2. The van der Waals surface area contributed by atoms with Gasteiger partial charge in [-0.05, 0) is 40.5 Å². The van der Waals surface area contributed by atoms with E-state index in [0.29, 0.717) is 0 Å². The van der Waals surface area contributed by atoms with E-state index in [1.807, 2.05) is 6.92 Å². The minimum absolute atomic E-state index is 0.149. The number of hydrogen-bond acceptors (Lipinski definition) is 4. The number of carbonyl (C=O) groups excluding carboxylic acids is 1. The number of nitro groups is 1. The molecule has 2 aromatic rings. The number of aromatic nitrogens is 1. The second kappa shape index (κ2) is 5.96. The first-order valence-electron chi connectivity index (χ1n) is 5.75. The van der Waals surface area contributed by atoms with Crippen LogP contribution < -0.4 is 5.32 Å². The van der Waals surface area contributed by atoms with Gasteiger partial charge < -0.3 is 5.32 Å². The fourth-order valence-corrected chi connectivity index (χ4v) is 1.82. The summed E-state index contributed by atoms with van der Waals surface area (Å²) in [6.45, 7) is 1.81. The van der Waals surface area contributed by atoms with Crippen molar-refractivity contribution in [3.8, 4) is 0 Å². The predicted molar refractivity (Wildman–Crippen MR) is 77.7 cm³/mol. The number of nitrogens with zero attached hydrogens (tertiary/aromatic N) is 2. The zero-order valence-corrected chi connectivity index (χ0v) is 12.3. The normalized spacial score (nSPS) is 10.2. The third-order valence-corrected chi connectivity index (χ3v) is 3.47. The molecule has 0 saturated carbocycles. The van der Waals surface area contributed by atoms with Crippen LogP contribution >= 0.6 is 15.9 Å². The lowest BCUT2D eigenvalue weighted by molar-refractivity contribution is -0.385. The van der Waals surface area contributed by atoms with Crippen LogP contribution in [-0.2, 0) is 0 Å². The van der Waals surface area contributed by atoms with E-state index in [0.717, 1.165) is 28.2 Å². The van der Waals surface area contributed by atoms with Crippen molar-refractivity contribution < 1.29 is 14.1 Å². The fourth-order valence-electron chi connectivity index (χ4n) is 1.61. The number of hydrogen-bond donors (Lipinski definition) is 1. The van der Waals surface area contributed by atoms with Crippen molar-refractivity contribution in [1.82, 2.24) is 4.98 Å². The van der Waals surface area contributed by atoms with E-state index in [2.05, 4.69) is 26.2 Å². The molecule has 1 aromatic carbocycles. The van der Waals surface area contributed by atoms with Crippen molar-refractivity contribution in [1.29, 1.82) is 0 Å². The Hall–Kier alpha value is -2.35. The molecule has 0 radical (unpaired) electrons. The first kappa shape index (κ1) is 15.0. The van der Waals surface area contributed by atoms with E-state index in [1.54, 1.807) is 6.07 Å². The zero-order chi connectivity index (χ0) is 15.6. The molecule has 0 atom stereocenters. The Morgan fingerprint density at radius 1 is 1.38 bits per heavy atom. The molecule has 108 valence electrons. The van der Waals surface area contributed by atoms with E-state index in [-0.39, 0.29) is 11.4 Å². The summed E-state index contributed by atoms with van der Waals surface area (Å²) in [7, 11) is 0. The Bertz CT molecular complexity index is 737. The van der Waals surface area contributed by atoms with Gasteiger partial charge >= 0.3 is 0 Å². The topological polar surface area (TPSA) is 85.1 Å². The summed E-state index contributed by atoms with van der Waals surface area (Å²) in [5, 5.41) is 13.1. The molecule has 0 bridgehead atoms. The van der Waals surface area contributed by atoms with Gasteiger partial charge in [-0.1, -0.05) is 0 Å². The largest absolute Gasteiger partial charge is 0.307 e. The summed E-state index contributed by atoms with van der Waals surface area (Å²) in [6, 6.07) is 4.30. The monoisotopic (exact) mass is 353 g/mol. The number of pyridine rings is 1. The number of carbonyl (C=O) groups is 1. The molecule has 2 rings (SSSR count). The van der Waals surface area contributed by atoms with Crippen LogP contribution in [0.2, 0.25) is 0 Å². The molecule has 1 N–H and O–H groups in total. The van der Waals surface area contributed by atoms with Crippen LogP contribution in [0.5, 0.6) is 0 Å². The maximum Gasteiger partial charge on any atom is 0.273 e. The Balaban J connectivity index is 2.27.